The van der Waals surface area contributed by atoms with Gasteiger partial charge in [0.25, 0.3) is 5.56 Å². The smallest absolute Gasteiger partial charge is 0.331 e. The first-order valence-electron chi connectivity index (χ1n) is 9.97. The Hall–Kier alpha value is -3.25. The Morgan fingerprint density at radius 2 is 1.83 bits per heavy atom. The zero-order chi connectivity index (χ0) is 21.3. The molecule has 2 aromatic rings. The number of nitrogens with zero attached hydrogens (tertiary/aromatic N) is 5. The lowest BCUT2D eigenvalue weighted by Gasteiger charge is -2.34. The molecule has 1 aromatic heterocycles. The predicted octanol–water partition coefficient (Wildman–Crippen LogP) is 0.700. The highest BCUT2D eigenvalue weighted by Crippen LogP contribution is 2.33. The number of hydrogen-bond donors (Lipinski definition) is 0. The summed E-state index contributed by atoms with van der Waals surface area (Å²) in [6, 6.07) is 8.42. The Morgan fingerprint density at radius 3 is 2.47 bits per heavy atom. The van der Waals surface area contributed by atoms with Crippen molar-refractivity contribution in [2.45, 2.75) is 32.0 Å². The average Bonchev–Trinajstić information content (AvgIpc) is 3.58. The van der Waals surface area contributed by atoms with E-state index in [1.54, 1.807) is 23.1 Å². The van der Waals surface area contributed by atoms with Crippen molar-refractivity contribution in [1.29, 1.82) is 5.26 Å². The van der Waals surface area contributed by atoms with Gasteiger partial charge in [0.15, 0.2) is 0 Å². The van der Waals surface area contributed by atoms with E-state index in [0.29, 0.717) is 38.3 Å². The number of piperazine rings is 1. The van der Waals surface area contributed by atoms with E-state index in [1.807, 2.05) is 6.07 Å². The van der Waals surface area contributed by atoms with Crippen LogP contribution in [0.1, 0.15) is 30.0 Å². The van der Waals surface area contributed by atoms with Gasteiger partial charge in [0.1, 0.15) is 24.0 Å². The summed E-state index contributed by atoms with van der Waals surface area (Å²) in [6.45, 7) is 2.07. The summed E-state index contributed by atoms with van der Waals surface area (Å²) >= 11 is 0. The maximum absolute atomic E-state index is 13.8. The molecule has 1 aliphatic heterocycles. The first-order valence-corrected chi connectivity index (χ1v) is 9.97. The summed E-state index contributed by atoms with van der Waals surface area (Å²) in [7, 11) is 0. The van der Waals surface area contributed by atoms with Crippen LogP contribution in [0, 0.1) is 17.1 Å². The second-order valence-electron chi connectivity index (χ2n) is 7.72. The number of aromatic nitrogens is 2. The molecule has 156 valence electrons. The minimum atomic E-state index is -0.731. The van der Waals surface area contributed by atoms with Crippen LogP contribution in [0.25, 0.3) is 0 Å². The monoisotopic (exact) mass is 411 g/mol. The predicted molar refractivity (Wildman–Crippen MR) is 106 cm³/mol. The van der Waals surface area contributed by atoms with Crippen LogP contribution in [0.3, 0.4) is 0 Å². The lowest BCUT2D eigenvalue weighted by atomic mass is 10.2. The number of benzene rings is 1. The largest absolute Gasteiger partial charge is 0.339 e. The molecule has 2 aliphatic rings. The van der Waals surface area contributed by atoms with Gasteiger partial charge in [-0.15, -0.1) is 0 Å². The summed E-state index contributed by atoms with van der Waals surface area (Å²) in [4.78, 5) is 41.5. The maximum Gasteiger partial charge on any atom is 0.331 e. The summed E-state index contributed by atoms with van der Waals surface area (Å²) in [5.41, 5.74) is -0.805. The van der Waals surface area contributed by atoms with Crippen LogP contribution in [0.2, 0.25) is 0 Å². The molecule has 0 unspecified atom stereocenters. The molecular weight excluding hydrogens is 389 g/mol. The molecule has 2 heterocycles. The number of amides is 1. The SMILES string of the molecule is N#Cc1cn(C2CC2)c(=O)n(CC(=O)N2CCN(Cc3ccccc3F)CC2)c1=O. The number of nitriles is 1. The summed E-state index contributed by atoms with van der Waals surface area (Å²) in [6.07, 6.45) is 2.94. The van der Waals surface area contributed by atoms with E-state index in [0.717, 1.165) is 17.4 Å². The third kappa shape index (κ3) is 4.04. The Labute approximate surface area is 172 Å². The Kier molecular flexibility index (Phi) is 5.50. The van der Waals surface area contributed by atoms with Crippen molar-refractivity contribution in [3.05, 3.63) is 68.2 Å². The molecule has 1 amide bonds. The van der Waals surface area contributed by atoms with Crippen molar-refractivity contribution >= 4 is 5.91 Å². The van der Waals surface area contributed by atoms with Gasteiger partial charge in [-0.05, 0) is 18.9 Å². The average molecular weight is 411 g/mol. The van der Waals surface area contributed by atoms with E-state index in [-0.39, 0.29) is 29.9 Å². The third-order valence-corrected chi connectivity index (χ3v) is 5.63. The normalized spacial score (nSPS) is 17.0. The van der Waals surface area contributed by atoms with E-state index < -0.39 is 11.2 Å². The van der Waals surface area contributed by atoms with Crippen LogP contribution in [0.5, 0.6) is 0 Å². The van der Waals surface area contributed by atoms with Crippen LogP contribution in [-0.4, -0.2) is 51.0 Å². The van der Waals surface area contributed by atoms with Crippen molar-refractivity contribution < 1.29 is 9.18 Å². The molecule has 1 aromatic carbocycles. The van der Waals surface area contributed by atoms with Gasteiger partial charge < -0.3 is 4.90 Å². The molecule has 30 heavy (non-hydrogen) atoms. The second kappa shape index (κ2) is 8.24. The Bertz CT molecular complexity index is 1120. The number of halogens is 1. The van der Waals surface area contributed by atoms with Gasteiger partial charge in [-0.1, -0.05) is 18.2 Å². The number of carbonyl (C=O) groups excluding carboxylic acids is 1. The molecule has 0 spiro atoms. The lowest BCUT2D eigenvalue weighted by molar-refractivity contribution is -0.133. The number of hydrogen-bond acceptors (Lipinski definition) is 5. The van der Waals surface area contributed by atoms with Gasteiger partial charge in [0.2, 0.25) is 5.91 Å². The molecular formula is C21H22FN5O3. The molecule has 1 saturated carbocycles. The van der Waals surface area contributed by atoms with Gasteiger partial charge in [-0.3, -0.25) is 19.1 Å². The van der Waals surface area contributed by atoms with Crippen molar-refractivity contribution in [3.8, 4) is 6.07 Å². The molecule has 9 heteroatoms. The number of carbonyl (C=O) groups is 1. The topological polar surface area (TPSA) is 91.3 Å². The first kappa shape index (κ1) is 20.0. The van der Waals surface area contributed by atoms with Crippen LogP contribution in [-0.2, 0) is 17.9 Å². The first-order chi connectivity index (χ1) is 14.5. The molecule has 0 N–H and O–H groups in total. The molecule has 0 bridgehead atoms. The fourth-order valence-corrected chi connectivity index (χ4v) is 3.71. The van der Waals surface area contributed by atoms with Gasteiger partial charge in [-0.25, -0.2) is 13.8 Å². The zero-order valence-corrected chi connectivity index (χ0v) is 16.5. The fourth-order valence-electron chi connectivity index (χ4n) is 3.71. The highest BCUT2D eigenvalue weighted by Gasteiger charge is 2.28. The van der Waals surface area contributed by atoms with Gasteiger partial charge in [0.05, 0.1) is 0 Å². The van der Waals surface area contributed by atoms with Crippen LogP contribution < -0.4 is 11.2 Å². The van der Waals surface area contributed by atoms with Crippen LogP contribution >= 0.6 is 0 Å². The van der Waals surface area contributed by atoms with Gasteiger partial charge in [0, 0.05) is 50.5 Å². The fraction of sp³-hybridized carbons (Fsp3) is 0.429. The second-order valence-corrected chi connectivity index (χ2v) is 7.72. The van der Waals surface area contributed by atoms with Crippen LogP contribution in [0.15, 0.2) is 40.1 Å². The molecule has 1 aliphatic carbocycles. The van der Waals surface area contributed by atoms with Crippen molar-refractivity contribution in [3.63, 3.8) is 0 Å². The molecule has 0 radical (unpaired) electrons. The zero-order valence-electron chi connectivity index (χ0n) is 16.5. The molecule has 0 atom stereocenters. The van der Waals surface area contributed by atoms with Crippen LogP contribution in [0.4, 0.5) is 4.39 Å². The van der Waals surface area contributed by atoms with E-state index in [9.17, 15) is 24.0 Å². The van der Waals surface area contributed by atoms with E-state index in [1.165, 1.54) is 16.8 Å². The van der Waals surface area contributed by atoms with Gasteiger partial charge >= 0.3 is 5.69 Å². The molecule has 4 rings (SSSR count). The Morgan fingerprint density at radius 1 is 1.13 bits per heavy atom. The van der Waals surface area contributed by atoms with Crippen molar-refractivity contribution in [2.24, 2.45) is 0 Å². The lowest BCUT2D eigenvalue weighted by Crippen LogP contribution is -2.51. The molecule has 8 nitrogen and oxygen atoms in total. The number of rotatable bonds is 5. The third-order valence-electron chi connectivity index (χ3n) is 5.63. The standard InChI is InChI=1S/C21H22FN5O3/c22-18-4-2-1-3-15(18)12-24-7-9-25(10-8-24)19(28)14-27-20(29)16(11-23)13-26(21(27)30)17-5-6-17/h1-4,13,17H,5-10,12,14H2. The Balaban J connectivity index is 1.43. The molecule has 1 saturated heterocycles. The van der Waals surface area contributed by atoms with Crippen molar-refractivity contribution in [2.75, 3.05) is 26.2 Å². The van der Waals surface area contributed by atoms with E-state index >= 15 is 0 Å². The highest BCUT2D eigenvalue weighted by molar-refractivity contribution is 5.76. The summed E-state index contributed by atoms with van der Waals surface area (Å²) < 4.78 is 16.1. The maximum atomic E-state index is 13.8. The minimum absolute atomic E-state index is 0.00604. The van der Waals surface area contributed by atoms with Gasteiger partial charge in [-0.2, -0.15) is 5.26 Å². The van der Waals surface area contributed by atoms with E-state index in [2.05, 4.69) is 4.90 Å². The highest BCUT2D eigenvalue weighted by atomic mass is 19.1. The summed E-state index contributed by atoms with van der Waals surface area (Å²) in [5, 5.41) is 9.21. The minimum Gasteiger partial charge on any atom is -0.339 e. The van der Waals surface area contributed by atoms with E-state index in [4.69, 9.17) is 0 Å². The quantitative estimate of drug-likeness (QED) is 0.722. The summed E-state index contributed by atoms with van der Waals surface area (Å²) in [5.74, 6) is -0.586. The molecule has 2 fully saturated rings. The van der Waals surface area contributed by atoms with Crippen molar-refractivity contribution in [1.82, 2.24) is 18.9 Å².